The summed E-state index contributed by atoms with van der Waals surface area (Å²) < 4.78 is 1.93. The third-order valence-corrected chi connectivity index (χ3v) is 2.72. The number of aromatic nitrogens is 2. The summed E-state index contributed by atoms with van der Waals surface area (Å²) in [5.74, 6) is 0.151. The summed E-state index contributed by atoms with van der Waals surface area (Å²) in [6.45, 7) is 0.418. The van der Waals surface area contributed by atoms with E-state index in [4.69, 9.17) is 5.73 Å². The van der Waals surface area contributed by atoms with Crippen LogP contribution in [0.4, 0.5) is 0 Å². The van der Waals surface area contributed by atoms with Crippen molar-refractivity contribution in [2.45, 2.75) is 12.8 Å². The first kappa shape index (κ1) is 9.36. The van der Waals surface area contributed by atoms with Crippen molar-refractivity contribution < 1.29 is 4.79 Å². The molecule has 0 saturated carbocycles. The second-order valence-corrected chi connectivity index (χ2v) is 3.95. The molecule has 0 spiro atoms. The van der Waals surface area contributed by atoms with Crippen LogP contribution in [0.5, 0.6) is 0 Å². The molecule has 14 heavy (non-hydrogen) atoms. The number of rotatable bonds is 4. The number of ketones is 1. The zero-order valence-electron chi connectivity index (χ0n) is 7.64. The first-order valence-electron chi connectivity index (χ1n) is 4.42. The number of hydrogen-bond donors (Lipinski definition) is 1. The molecule has 0 aliphatic carbocycles. The summed E-state index contributed by atoms with van der Waals surface area (Å²) in [5.41, 5.74) is 6.12. The fourth-order valence-corrected chi connectivity index (χ4v) is 2.03. The summed E-state index contributed by atoms with van der Waals surface area (Å²) in [7, 11) is 0. The van der Waals surface area contributed by atoms with E-state index in [9.17, 15) is 4.79 Å². The Morgan fingerprint density at radius 1 is 1.64 bits per heavy atom. The minimum absolute atomic E-state index is 0.151. The van der Waals surface area contributed by atoms with Crippen molar-refractivity contribution >= 4 is 22.1 Å². The van der Waals surface area contributed by atoms with Gasteiger partial charge in [0.2, 0.25) is 0 Å². The van der Waals surface area contributed by atoms with Crippen LogP contribution in [0, 0.1) is 0 Å². The molecule has 0 unspecified atom stereocenters. The van der Waals surface area contributed by atoms with Crippen molar-refractivity contribution in [3.63, 3.8) is 0 Å². The van der Waals surface area contributed by atoms with E-state index >= 15 is 0 Å². The van der Waals surface area contributed by atoms with Gasteiger partial charge < -0.3 is 5.73 Å². The van der Waals surface area contributed by atoms with Gasteiger partial charge in [0.05, 0.1) is 12.1 Å². The number of thiazole rings is 1. The zero-order chi connectivity index (χ0) is 9.97. The predicted octanol–water partition coefficient (Wildman–Crippen LogP) is 0.856. The maximum atomic E-state index is 11.3. The molecule has 0 radical (unpaired) electrons. The highest BCUT2D eigenvalue weighted by Gasteiger charge is 2.07. The van der Waals surface area contributed by atoms with E-state index in [1.165, 1.54) is 0 Å². The van der Waals surface area contributed by atoms with Crippen LogP contribution in [0.15, 0.2) is 17.8 Å². The Bertz CT molecular complexity index is 417. The molecular formula is C9H11N3OS. The summed E-state index contributed by atoms with van der Waals surface area (Å²) in [4.78, 5) is 16.5. The highest BCUT2D eigenvalue weighted by Crippen LogP contribution is 2.11. The van der Waals surface area contributed by atoms with Crippen LogP contribution < -0.4 is 5.73 Å². The quantitative estimate of drug-likeness (QED) is 0.812. The second kappa shape index (κ2) is 3.89. The highest BCUT2D eigenvalue weighted by molar-refractivity contribution is 7.15. The number of carbonyl (C=O) groups excluding carboxylic acids is 1. The van der Waals surface area contributed by atoms with Crippen molar-refractivity contribution in [2.24, 2.45) is 5.73 Å². The molecule has 2 rings (SSSR count). The maximum Gasteiger partial charge on any atom is 0.193 e. The predicted molar refractivity (Wildman–Crippen MR) is 55.5 cm³/mol. The van der Waals surface area contributed by atoms with E-state index in [2.05, 4.69) is 4.98 Å². The van der Waals surface area contributed by atoms with Crippen LogP contribution in [0.1, 0.15) is 12.1 Å². The molecule has 4 nitrogen and oxygen atoms in total. The molecule has 0 aliphatic heterocycles. The van der Waals surface area contributed by atoms with Gasteiger partial charge in [0.25, 0.3) is 0 Å². The minimum atomic E-state index is 0.151. The van der Waals surface area contributed by atoms with Crippen molar-refractivity contribution in [3.8, 4) is 0 Å². The van der Waals surface area contributed by atoms with Crippen LogP contribution in [0.2, 0.25) is 0 Å². The number of nitrogens with two attached hydrogens (primary N) is 1. The summed E-state index contributed by atoms with van der Waals surface area (Å²) in [5, 5.41) is 1.97. The molecule has 5 heteroatoms. The lowest BCUT2D eigenvalue weighted by Crippen LogP contribution is -2.10. The molecule has 0 bridgehead atoms. The molecule has 0 amide bonds. The van der Waals surface area contributed by atoms with Crippen LogP contribution in [0.3, 0.4) is 0 Å². The molecule has 0 aromatic carbocycles. The zero-order valence-corrected chi connectivity index (χ0v) is 8.46. The number of Topliss-reactive ketones (excluding diaryl/α,β-unsaturated/α-hetero) is 1. The highest BCUT2D eigenvalue weighted by atomic mass is 32.1. The lowest BCUT2D eigenvalue weighted by Gasteiger charge is -1.93. The number of carbonyl (C=O) groups is 1. The van der Waals surface area contributed by atoms with E-state index < -0.39 is 0 Å². The van der Waals surface area contributed by atoms with Gasteiger partial charge in [0.1, 0.15) is 5.78 Å². The number of hydrogen-bond acceptors (Lipinski definition) is 4. The Labute approximate surface area is 85.4 Å². The van der Waals surface area contributed by atoms with Crippen molar-refractivity contribution in [3.05, 3.63) is 23.5 Å². The Morgan fingerprint density at radius 3 is 3.21 bits per heavy atom. The molecule has 0 atom stereocenters. The first-order chi connectivity index (χ1) is 6.79. The summed E-state index contributed by atoms with van der Waals surface area (Å²) >= 11 is 1.56. The average molecular weight is 209 g/mol. The van der Waals surface area contributed by atoms with Gasteiger partial charge in [-0.2, -0.15) is 0 Å². The van der Waals surface area contributed by atoms with E-state index in [1.54, 1.807) is 11.3 Å². The van der Waals surface area contributed by atoms with Gasteiger partial charge in [-0.05, 0) is 6.54 Å². The first-order valence-corrected chi connectivity index (χ1v) is 5.30. The Morgan fingerprint density at radius 2 is 2.50 bits per heavy atom. The molecule has 2 N–H and O–H groups in total. The van der Waals surface area contributed by atoms with E-state index in [1.807, 2.05) is 22.2 Å². The topological polar surface area (TPSA) is 60.4 Å². The maximum absolute atomic E-state index is 11.3. The van der Waals surface area contributed by atoms with E-state index in [-0.39, 0.29) is 5.78 Å². The van der Waals surface area contributed by atoms with Gasteiger partial charge >= 0.3 is 0 Å². The number of imidazole rings is 1. The van der Waals surface area contributed by atoms with Gasteiger partial charge in [0.15, 0.2) is 4.96 Å². The SMILES string of the molecule is NCCC(=O)Cc1cn2ccsc2n1. The Balaban J connectivity index is 2.11. The van der Waals surface area contributed by atoms with Gasteiger partial charge in [0, 0.05) is 24.2 Å². The van der Waals surface area contributed by atoms with Gasteiger partial charge in [-0.1, -0.05) is 0 Å². The lowest BCUT2D eigenvalue weighted by atomic mass is 10.2. The molecule has 0 saturated heterocycles. The molecule has 2 aromatic heterocycles. The molecule has 74 valence electrons. The standard InChI is InChI=1S/C9H11N3OS/c10-2-1-8(13)5-7-6-12-3-4-14-9(12)11-7/h3-4,6H,1-2,5,10H2. The summed E-state index contributed by atoms with van der Waals surface area (Å²) in [6, 6.07) is 0. The van der Waals surface area contributed by atoms with E-state index in [0.717, 1.165) is 10.7 Å². The van der Waals surface area contributed by atoms with Gasteiger partial charge in [-0.15, -0.1) is 11.3 Å². The third-order valence-electron chi connectivity index (χ3n) is 1.94. The molecule has 0 aliphatic rings. The Hall–Kier alpha value is -1.20. The third kappa shape index (κ3) is 1.83. The van der Waals surface area contributed by atoms with Gasteiger partial charge in [-0.3, -0.25) is 9.20 Å². The molecule has 2 heterocycles. The summed E-state index contributed by atoms with van der Waals surface area (Å²) in [6.07, 6.45) is 4.65. The Kier molecular flexibility index (Phi) is 2.60. The molecular weight excluding hydrogens is 198 g/mol. The number of fused-ring (bicyclic) bond motifs is 1. The van der Waals surface area contributed by atoms with Crippen LogP contribution >= 0.6 is 11.3 Å². The normalized spacial score (nSPS) is 10.9. The largest absolute Gasteiger partial charge is 0.330 e. The fourth-order valence-electron chi connectivity index (χ4n) is 1.31. The molecule has 0 fully saturated rings. The van der Waals surface area contributed by atoms with E-state index in [0.29, 0.717) is 19.4 Å². The minimum Gasteiger partial charge on any atom is -0.330 e. The van der Waals surface area contributed by atoms with Crippen molar-refractivity contribution in [1.82, 2.24) is 9.38 Å². The van der Waals surface area contributed by atoms with Crippen molar-refractivity contribution in [1.29, 1.82) is 0 Å². The fraction of sp³-hybridized carbons (Fsp3) is 0.333. The monoisotopic (exact) mass is 209 g/mol. The van der Waals surface area contributed by atoms with Crippen molar-refractivity contribution in [2.75, 3.05) is 6.54 Å². The number of nitrogens with zero attached hydrogens (tertiary/aromatic N) is 2. The van der Waals surface area contributed by atoms with Crippen LogP contribution in [-0.2, 0) is 11.2 Å². The van der Waals surface area contributed by atoms with Crippen LogP contribution in [0.25, 0.3) is 4.96 Å². The smallest absolute Gasteiger partial charge is 0.193 e. The second-order valence-electron chi connectivity index (χ2n) is 3.08. The van der Waals surface area contributed by atoms with Crippen LogP contribution in [-0.4, -0.2) is 21.7 Å². The van der Waals surface area contributed by atoms with Gasteiger partial charge in [-0.25, -0.2) is 4.98 Å². The average Bonchev–Trinajstić information content (AvgIpc) is 2.63. The lowest BCUT2D eigenvalue weighted by molar-refractivity contribution is -0.118. The molecule has 2 aromatic rings.